The molecule has 0 bridgehead atoms. The zero-order valence-electron chi connectivity index (χ0n) is 17.6. The number of aliphatic carboxylic acids is 1. The maximum absolute atomic E-state index is 12.9. The molecule has 0 unspecified atom stereocenters. The van der Waals surface area contributed by atoms with E-state index in [4.69, 9.17) is 9.84 Å². The summed E-state index contributed by atoms with van der Waals surface area (Å²) >= 11 is 0. The number of amides is 2. The highest BCUT2D eigenvalue weighted by Gasteiger charge is 2.21. The number of benzene rings is 2. The summed E-state index contributed by atoms with van der Waals surface area (Å²) in [5.74, 6) is -2.09. The molecule has 1 heterocycles. The Labute approximate surface area is 180 Å². The van der Waals surface area contributed by atoms with Gasteiger partial charge in [-0.2, -0.15) is 0 Å². The van der Waals surface area contributed by atoms with E-state index in [1.54, 1.807) is 36.9 Å². The van der Waals surface area contributed by atoms with Crippen molar-refractivity contribution >= 4 is 23.5 Å². The molecule has 8 heteroatoms. The van der Waals surface area contributed by atoms with Crippen LogP contribution in [0.2, 0.25) is 0 Å². The molecule has 1 aliphatic heterocycles. The summed E-state index contributed by atoms with van der Waals surface area (Å²) in [7, 11) is 0. The molecule has 0 atom stereocenters. The van der Waals surface area contributed by atoms with Crippen LogP contribution in [0.5, 0.6) is 17.2 Å². The van der Waals surface area contributed by atoms with Crippen molar-refractivity contribution in [3.05, 3.63) is 47.0 Å². The highest BCUT2D eigenvalue weighted by molar-refractivity contribution is 6.36. The minimum atomic E-state index is -1.57. The van der Waals surface area contributed by atoms with Gasteiger partial charge in [0.15, 0.2) is 0 Å². The number of carboxylic acids is 1. The monoisotopic (exact) mass is 426 g/mol. The van der Waals surface area contributed by atoms with E-state index in [-0.39, 0.29) is 17.2 Å². The first-order chi connectivity index (χ1) is 14.8. The Morgan fingerprint density at radius 2 is 1.58 bits per heavy atom. The van der Waals surface area contributed by atoms with Crippen LogP contribution in [0.25, 0.3) is 0 Å². The molecule has 0 aromatic heterocycles. The van der Waals surface area contributed by atoms with Crippen LogP contribution in [0.15, 0.2) is 30.3 Å². The Morgan fingerprint density at radius 3 is 2.16 bits per heavy atom. The smallest absolute Gasteiger partial charge is 0.394 e. The predicted octanol–water partition coefficient (Wildman–Crippen LogP) is 3.84. The lowest BCUT2D eigenvalue weighted by Gasteiger charge is -2.21. The normalized spacial score (nSPS) is 13.9. The van der Waals surface area contributed by atoms with E-state index in [0.717, 1.165) is 25.7 Å². The van der Waals surface area contributed by atoms with Crippen LogP contribution >= 0.6 is 0 Å². The van der Waals surface area contributed by atoms with Crippen molar-refractivity contribution in [1.82, 2.24) is 4.90 Å². The van der Waals surface area contributed by atoms with Gasteiger partial charge in [0.1, 0.15) is 17.2 Å². The number of rotatable bonds is 4. The van der Waals surface area contributed by atoms with Crippen molar-refractivity contribution in [3.8, 4) is 17.2 Å². The second-order valence-corrected chi connectivity index (χ2v) is 7.69. The summed E-state index contributed by atoms with van der Waals surface area (Å²) in [5.41, 5.74) is 1.89. The number of ether oxygens (including phenoxy) is 1. The molecule has 1 saturated heterocycles. The molecule has 0 aliphatic carbocycles. The van der Waals surface area contributed by atoms with Gasteiger partial charge in [0.25, 0.3) is 5.91 Å². The molecular weight excluding hydrogens is 400 g/mol. The lowest BCUT2D eigenvalue weighted by molar-refractivity contribution is -0.147. The van der Waals surface area contributed by atoms with Crippen LogP contribution < -0.4 is 10.1 Å². The van der Waals surface area contributed by atoms with E-state index in [1.807, 2.05) is 0 Å². The summed E-state index contributed by atoms with van der Waals surface area (Å²) in [6.07, 6.45) is 4.10. The number of hydrogen-bond acceptors (Lipinski definition) is 5. The van der Waals surface area contributed by atoms with Crippen LogP contribution in [-0.4, -0.2) is 46.0 Å². The Hall–Kier alpha value is -3.55. The summed E-state index contributed by atoms with van der Waals surface area (Å²) < 4.78 is 5.99. The standard InChI is InChI=1S/C23H26N2O6/c1-14-11-16(24-21(27)23(29)30)12-15(2)20(14)31-17-7-8-19(26)18(13-17)22(28)25-9-5-3-4-6-10-25/h7-8,11-13,26H,3-6,9-10H2,1-2H3,(H,24,27)(H,29,30). The highest BCUT2D eigenvalue weighted by atomic mass is 16.5. The van der Waals surface area contributed by atoms with Crippen molar-refractivity contribution in [2.45, 2.75) is 39.5 Å². The van der Waals surface area contributed by atoms with E-state index >= 15 is 0 Å². The largest absolute Gasteiger partial charge is 0.507 e. The fraction of sp³-hybridized carbons (Fsp3) is 0.348. The first-order valence-corrected chi connectivity index (χ1v) is 10.2. The highest BCUT2D eigenvalue weighted by Crippen LogP contribution is 2.34. The van der Waals surface area contributed by atoms with Gasteiger partial charge in [-0.3, -0.25) is 9.59 Å². The third kappa shape index (κ3) is 5.33. The number of nitrogens with one attached hydrogen (secondary N) is 1. The lowest BCUT2D eigenvalue weighted by atomic mass is 10.1. The van der Waals surface area contributed by atoms with E-state index in [9.17, 15) is 19.5 Å². The number of aryl methyl sites for hydroxylation is 2. The van der Waals surface area contributed by atoms with Gasteiger partial charge in [-0.1, -0.05) is 12.8 Å². The maximum Gasteiger partial charge on any atom is 0.394 e. The van der Waals surface area contributed by atoms with Gasteiger partial charge in [-0.05, 0) is 68.1 Å². The molecule has 8 nitrogen and oxygen atoms in total. The number of carboxylic acid groups (broad SMARTS) is 1. The van der Waals surface area contributed by atoms with Crippen molar-refractivity contribution < 1.29 is 29.3 Å². The Morgan fingerprint density at radius 1 is 0.968 bits per heavy atom. The van der Waals surface area contributed by atoms with Crippen LogP contribution in [0.3, 0.4) is 0 Å². The topological polar surface area (TPSA) is 116 Å². The molecule has 0 saturated carbocycles. The number of nitrogens with zero attached hydrogens (tertiary/aromatic N) is 1. The molecule has 3 N–H and O–H groups in total. The van der Waals surface area contributed by atoms with Crippen LogP contribution in [-0.2, 0) is 9.59 Å². The van der Waals surface area contributed by atoms with Gasteiger partial charge < -0.3 is 25.2 Å². The number of hydrogen-bond donors (Lipinski definition) is 3. The van der Waals surface area contributed by atoms with E-state index in [0.29, 0.717) is 41.4 Å². The Kier molecular flexibility index (Phi) is 6.79. The molecule has 2 aromatic rings. The molecule has 3 rings (SSSR count). The molecule has 0 radical (unpaired) electrons. The van der Waals surface area contributed by atoms with E-state index in [2.05, 4.69) is 5.32 Å². The quantitative estimate of drug-likeness (QED) is 0.640. The van der Waals surface area contributed by atoms with Gasteiger partial charge in [-0.25, -0.2) is 4.79 Å². The zero-order valence-corrected chi connectivity index (χ0v) is 17.6. The number of phenols is 1. The second kappa shape index (κ2) is 9.51. The molecule has 1 fully saturated rings. The predicted molar refractivity (Wildman–Crippen MR) is 115 cm³/mol. The lowest BCUT2D eigenvalue weighted by Crippen LogP contribution is -2.31. The Bertz CT molecular complexity index is 986. The summed E-state index contributed by atoms with van der Waals surface area (Å²) in [6, 6.07) is 7.75. The molecule has 164 valence electrons. The fourth-order valence-corrected chi connectivity index (χ4v) is 3.68. The molecule has 31 heavy (non-hydrogen) atoms. The van der Waals surface area contributed by atoms with Crippen LogP contribution in [0.4, 0.5) is 5.69 Å². The number of phenolic OH excluding ortho intramolecular Hbond substituents is 1. The first kappa shape index (κ1) is 22.1. The number of carbonyl (C=O) groups is 3. The summed E-state index contributed by atoms with van der Waals surface area (Å²) in [4.78, 5) is 36.8. The third-order valence-electron chi connectivity index (χ3n) is 5.22. The summed E-state index contributed by atoms with van der Waals surface area (Å²) in [5, 5.41) is 21.3. The molecule has 0 spiro atoms. The second-order valence-electron chi connectivity index (χ2n) is 7.69. The molecule has 2 amide bonds. The number of anilines is 1. The van der Waals surface area contributed by atoms with Crippen molar-refractivity contribution in [1.29, 1.82) is 0 Å². The SMILES string of the molecule is Cc1cc(NC(=O)C(=O)O)cc(C)c1Oc1ccc(O)c(C(=O)N2CCCCCC2)c1. The van der Waals surface area contributed by atoms with Gasteiger partial charge >= 0.3 is 11.9 Å². The summed E-state index contributed by atoms with van der Waals surface area (Å²) in [6.45, 7) is 4.88. The average Bonchev–Trinajstić information content (AvgIpc) is 3.01. The average molecular weight is 426 g/mol. The maximum atomic E-state index is 12.9. The Balaban J connectivity index is 1.83. The van der Waals surface area contributed by atoms with Crippen molar-refractivity contribution in [3.63, 3.8) is 0 Å². The number of carbonyl (C=O) groups excluding carboxylic acids is 2. The van der Waals surface area contributed by atoms with Crippen LogP contribution in [0, 0.1) is 13.8 Å². The third-order valence-corrected chi connectivity index (χ3v) is 5.22. The zero-order chi connectivity index (χ0) is 22.5. The number of likely N-dealkylation sites (tertiary alicyclic amines) is 1. The van der Waals surface area contributed by atoms with Gasteiger partial charge in [-0.15, -0.1) is 0 Å². The van der Waals surface area contributed by atoms with Gasteiger partial charge in [0, 0.05) is 18.8 Å². The number of aromatic hydroxyl groups is 1. The molecular formula is C23H26N2O6. The van der Waals surface area contributed by atoms with Crippen molar-refractivity contribution in [2.24, 2.45) is 0 Å². The van der Waals surface area contributed by atoms with E-state index < -0.39 is 11.9 Å². The molecule has 2 aromatic carbocycles. The minimum Gasteiger partial charge on any atom is -0.507 e. The van der Waals surface area contributed by atoms with Crippen LogP contribution in [0.1, 0.15) is 47.2 Å². The fourth-order valence-electron chi connectivity index (χ4n) is 3.68. The minimum absolute atomic E-state index is 0.0956. The first-order valence-electron chi connectivity index (χ1n) is 10.2. The van der Waals surface area contributed by atoms with E-state index in [1.165, 1.54) is 12.1 Å². The van der Waals surface area contributed by atoms with Gasteiger partial charge in [0.2, 0.25) is 0 Å². The van der Waals surface area contributed by atoms with Crippen molar-refractivity contribution in [2.75, 3.05) is 18.4 Å². The van der Waals surface area contributed by atoms with Gasteiger partial charge in [0.05, 0.1) is 5.56 Å². The molecule has 1 aliphatic rings.